The number of esters is 1. The zero-order valence-corrected chi connectivity index (χ0v) is 16.4. The van der Waals surface area contributed by atoms with Gasteiger partial charge in [0.25, 0.3) is 0 Å². The van der Waals surface area contributed by atoms with Crippen molar-refractivity contribution >= 4 is 43.8 Å². The average Bonchev–Trinajstić information content (AvgIpc) is 3.19. The first-order chi connectivity index (χ1) is 12.5. The predicted octanol–water partition coefficient (Wildman–Crippen LogP) is 2.69. The summed E-state index contributed by atoms with van der Waals surface area (Å²) in [6.45, 7) is 0. The Morgan fingerprint density at radius 1 is 1.35 bits per heavy atom. The molecule has 1 aromatic heterocycles. The summed E-state index contributed by atoms with van der Waals surface area (Å²) in [7, 11) is 1.23. The molecule has 11 heteroatoms. The van der Waals surface area contributed by atoms with Crippen LogP contribution < -0.4 is 5.32 Å². The van der Waals surface area contributed by atoms with E-state index in [2.05, 4.69) is 52.4 Å². The zero-order valence-electron chi connectivity index (χ0n) is 13.2. The molecule has 2 aromatic rings. The summed E-state index contributed by atoms with van der Waals surface area (Å²) in [6, 6.07) is 1.37. The minimum atomic E-state index is -1.07. The Morgan fingerprint density at radius 2 is 2.04 bits per heavy atom. The molecule has 1 aromatic carbocycles. The Kier molecular flexibility index (Phi) is 5.47. The van der Waals surface area contributed by atoms with Gasteiger partial charge in [0, 0.05) is 11.0 Å². The highest BCUT2D eigenvalue weighted by Gasteiger charge is 2.34. The van der Waals surface area contributed by atoms with Gasteiger partial charge in [-0.2, -0.15) is 10.2 Å². The van der Waals surface area contributed by atoms with Crippen molar-refractivity contribution in [1.29, 1.82) is 0 Å². The number of halogens is 4. The number of benzene rings is 1. The third-order valence-corrected chi connectivity index (χ3v) is 4.99. The second-order valence-corrected chi connectivity index (χ2v) is 6.43. The molecule has 0 amide bonds. The Balaban J connectivity index is 2.21. The molecule has 1 atom stereocenters. The molecule has 1 aliphatic rings. The van der Waals surface area contributed by atoms with E-state index in [0.29, 0.717) is 5.70 Å². The molecule has 0 unspecified atom stereocenters. The fourth-order valence-corrected chi connectivity index (χ4v) is 3.42. The number of methoxy groups -OCH3 is 1. The first-order valence-electron chi connectivity index (χ1n) is 7.20. The lowest BCUT2D eigenvalue weighted by Crippen LogP contribution is -2.39. The van der Waals surface area contributed by atoms with Crippen molar-refractivity contribution < 1.29 is 18.3 Å². The van der Waals surface area contributed by atoms with Crippen LogP contribution in [0.15, 0.2) is 45.3 Å². The van der Waals surface area contributed by atoms with E-state index in [4.69, 9.17) is 4.74 Å². The summed E-state index contributed by atoms with van der Waals surface area (Å²) >= 11 is 6.35. The highest BCUT2D eigenvalue weighted by molar-refractivity contribution is 9.10. The number of nitrogens with one attached hydrogen (secondary N) is 1. The smallest absolute Gasteiger partial charge is 0.338 e. The van der Waals surface area contributed by atoms with Crippen LogP contribution in [0, 0.1) is 11.6 Å². The first-order valence-corrected chi connectivity index (χ1v) is 9.11. The molecule has 136 valence electrons. The van der Waals surface area contributed by atoms with Crippen LogP contribution in [-0.2, 0) is 9.53 Å². The van der Waals surface area contributed by atoms with Gasteiger partial charge in [0.05, 0.1) is 29.5 Å². The molecule has 0 saturated heterocycles. The summed E-state index contributed by atoms with van der Waals surface area (Å²) in [5, 5.41) is 11.2. The molecular weight excluding hydrogens is 480 g/mol. The molecule has 0 radical (unpaired) electrons. The summed E-state index contributed by atoms with van der Waals surface area (Å²) in [5.41, 5.74) is 0.863. The van der Waals surface area contributed by atoms with Crippen molar-refractivity contribution in [3.63, 3.8) is 0 Å². The van der Waals surface area contributed by atoms with Crippen molar-refractivity contribution in [2.24, 2.45) is 4.99 Å². The lowest BCUT2D eigenvalue weighted by atomic mass is 9.96. The fraction of sp³-hybridized carbons (Fsp3) is 0.200. The van der Waals surface area contributed by atoms with Gasteiger partial charge in [-0.1, -0.05) is 22.0 Å². The quantitative estimate of drug-likeness (QED) is 0.406. The minimum Gasteiger partial charge on any atom is -0.466 e. The highest BCUT2D eigenvalue weighted by atomic mass is 79.9. The van der Waals surface area contributed by atoms with E-state index in [1.165, 1.54) is 30.4 Å². The van der Waals surface area contributed by atoms with Gasteiger partial charge in [-0.15, -0.1) is 4.80 Å². The highest BCUT2D eigenvalue weighted by Crippen LogP contribution is 2.37. The van der Waals surface area contributed by atoms with Crippen LogP contribution in [-0.4, -0.2) is 39.4 Å². The Hall–Kier alpha value is -2.14. The number of aromatic nitrogens is 3. The standard InChI is InChI=1S/C15H11Br2F2N5O2/c1-26-14(25)10-9(6-16)22-15(24-20-4-5-21-24)23-13(10)7-2-3-8(18)12(19)11(7)17/h2-5,13H,6H2,1H3,(H,22,23)/t13-/m0/s1. The monoisotopic (exact) mass is 489 g/mol. The lowest BCUT2D eigenvalue weighted by Gasteiger charge is -2.26. The second-order valence-electron chi connectivity index (χ2n) is 5.08. The maximum absolute atomic E-state index is 14.0. The molecule has 0 aliphatic carbocycles. The Labute approximate surface area is 163 Å². The molecule has 0 fully saturated rings. The number of carbonyl (C=O) groups is 1. The lowest BCUT2D eigenvalue weighted by molar-refractivity contribution is -0.136. The van der Waals surface area contributed by atoms with Gasteiger partial charge in [-0.05, 0) is 27.6 Å². The van der Waals surface area contributed by atoms with Crippen LogP contribution in [0.5, 0.6) is 0 Å². The van der Waals surface area contributed by atoms with E-state index >= 15 is 0 Å². The second kappa shape index (κ2) is 7.62. The van der Waals surface area contributed by atoms with E-state index in [9.17, 15) is 13.6 Å². The van der Waals surface area contributed by atoms with Crippen molar-refractivity contribution in [3.8, 4) is 0 Å². The van der Waals surface area contributed by atoms with Crippen LogP contribution >= 0.6 is 31.9 Å². The van der Waals surface area contributed by atoms with E-state index < -0.39 is 23.6 Å². The zero-order chi connectivity index (χ0) is 18.8. The molecule has 7 nitrogen and oxygen atoms in total. The average molecular weight is 491 g/mol. The summed E-state index contributed by atoms with van der Waals surface area (Å²) < 4.78 is 32.3. The van der Waals surface area contributed by atoms with Crippen molar-refractivity contribution in [1.82, 2.24) is 20.3 Å². The SMILES string of the molecule is COC(=O)C1=C(CBr)NC(n2nccn2)=N[C@H]1c1ccc(F)c(F)c1Br. The first kappa shape index (κ1) is 18.6. The number of ether oxygens (including phenoxy) is 1. The summed E-state index contributed by atoms with van der Waals surface area (Å²) in [4.78, 5) is 18.0. The third kappa shape index (κ3) is 3.28. The van der Waals surface area contributed by atoms with Gasteiger partial charge < -0.3 is 10.1 Å². The normalized spacial score (nSPS) is 17.0. The van der Waals surface area contributed by atoms with Crippen molar-refractivity contribution in [2.75, 3.05) is 12.4 Å². The molecule has 1 N–H and O–H groups in total. The number of aliphatic imine (C=N–C) groups is 1. The molecule has 0 saturated carbocycles. The van der Waals surface area contributed by atoms with E-state index in [1.807, 2.05) is 0 Å². The molecular formula is C15H11Br2F2N5O2. The molecule has 3 rings (SSSR count). The minimum absolute atomic E-state index is 0.128. The van der Waals surface area contributed by atoms with Gasteiger partial charge >= 0.3 is 5.97 Å². The number of nitrogens with zero attached hydrogens (tertiary/aromatic N) is 4. The molecule has 1 aliphatic heterocycles. The molecule has 26 heavy (non-hydrogen) atoms. The van der Waals surface area contributed by atoms with E-state index in [0.717, 1.165) is 6.07 Å². The Morgan fingerprint density at radius 3 is 2.65 bits per heavy atom. The van der Waals surface area contributed by atoms with E-state index in [1.54, 1.807) is 0 Å². The largest absolute Gasteiger partial charge is 0.466 e. The number of allylic oxidation sites excluding steroid dienone is 1. The van der Waals surface area contributed by atoms with Gasteiger partial charge in [-0.25, -0.2) is 18.6 Å². The predicted molar refractivity (Wildman–Crippen MR) is 95.6 cm³/mol. The van der Waals surface area contributed by atoms with Crippen LogP contribution in [0.1, 0.15) is 11.6 Å². The van der Waals surface area contributed by atoms with Crippen LogP contribution in [0.4, 0.5) is 8.78 Å². The number of alkyl halides is 1. The van der Waals surface area contributed by atoms with Gasteiger partial charge in [0.1, 0.15) is 6.04 Å². The van der Waals surface area contributed by atoms with Crippen LogP contribution in [0.25, 0.3) is 0 Å². The van der Waals surface area contributed by atoms with Crippen molar-refractivity contribution in [2.45, 2.75) is 6.04 Å². The fourth-order valence-electron chi connectivity index (χ4n) is 2.44. The number of rotatable bonds is 3. The Bertz CT molecular complexity index is 915. The third-order valence-electron chi connectivity index (χ3n) is 3.62. The number of hydrogen-bond acceptors (Lipinski definition) is 6. The van der Waals surface area contributed by atoms with Crippen LogP contribution in [0.3, 0.4) is 0 Å². The molecule has 2 heterocycles. The van der Waals surface area contributed by atoms with Crippen molar-refractivity contribution in [3.05, 3.63) is 57.5 Å². The van der Waals surface area contributed by atoms with Gasteiger partial charge in [0.15, 0.2) is 11.6 Å². The topological polar surface area (TPSA) is 81.4 Å². The molecule has 0 spiro atoms. The summed E-state index contributed by atoms with van der Waals surface area (Å²) in [6.07, 6.45) is 2.92. The molecule has 0 bridgehead atoms. The summed E-state index contributed by atoms with van der Waals surface area (Å²) in [5.74, 6) is -2.51. The van der Waals surface area contributed by atoms with E-state index in [-0.39, 0.29) is 26.9 Å². The maximum atomic E-state index is 14.0. The number of carbonyl (C=O) groups excluding carboxylic acids is 1. The van der Waals surface area contributed by atoms with Crippen LogP contribution in [0.2, 0.25) is 0 Å². The number of hydrogen-bond donors (Lipinski definition) is 1. The van der Waals surface area contributed by atoms with Gasteiger partial charge in [-0.3, -0.25) is 0 Å². The van der Waals surface area contributed by atoms with Gasteiger partial charge in [0.2, 0.25) is 5.96 Å². The maximum Gasteiger partial charge on any atom is 0.338 e.